The molecule has 0 saturated carbocycles. The molecule has 4 heteroatoms. The van der Waals surface area contributed by atoms with Crippen LogP contribution in [0.4, 0.5) is 0 Å². The number of nitrogens with one attached hydrogen (secondary N) is 1. The molecule has 0 aromatic carbocycles. The lowest BCUT2D eigenvalue weighted by Crippen LogP contribution is -2.16. The molecule has 19 heavy (non-hydrogen) atoms. The second kappa shape index (κ2) is 8.64. The van der Waals surface area contributed by atoms with Crippen LogP contribution in [-0.2, 0) is 6.54 Å². The van der Waals surface area contributed by atoms with Crippen molar-refractivity contribution < 1.29 is 4.74 Å². The highest BCUT2D eigenvalue weighted by Crippen LogP contribution is 2.18. The lowest BCUT2D eigenvalue weighted by Gasteiger charge is -2.13. The summed E-state index contributed by atoms with van der Waals surface area (Å²) >= 11 is 0. The first-order valence-corrected chi connectivity index (χ1v) is 6.99. The molecule has 1 rings (SSSR count). The SMILES string of the molecule is C=CCCCOc1cnc(C(C)C)nc1CNCC. The van der Waals surface area contributed by atoms with Gasteiger partial charge in [-0.1, -0.05) is 26.8 Å². The molecule has 1 heterocycles. The molecule has 0 saturated heterocycles. The summed E-state index contributed by atoms with van der Waals surface area (Å²) in [6.07, 6.45) is 5.63. The van der Waals surface area contributed by atoms with E-state index in [-0.39, 0.29) is 0 Å². The third-order valence-corrected chi connectivity index (χ3v) is 2.72. The topological polar surface area (TPSA) is 47.0 Å². The summed E-state index contributed by atoms with van der Waals surface area (Å²) in [4.78, 5) is 8.95. The normalized spacial score (nSPS) is 10.7. The van der Waals surface area contributed by atoms with E-state index in [1.807, 2.05) is 6.08 Å². The Hall–Kier alpha value is -1.42. The van der Waals surface area contributed by atoms with Gasteiger partial charge in [-0.15, -0.1) is 6.58 Å². The zero-order chi connectivity index (χ0) is 14.1. The van der Waals surface area contributed by atoms with E-state index < -0.39 is 0 Å². The fraction of sp³-hybridized carbons (Fsp3) is 0.600. The highest BCUT2D eigenvalue weighted by molar-refractivity contribution is 5.25. The van der Waals surface area contributed by atoms with E-state index in [1.165, 1.54) is 0 Å². The number of aromatic nitrogens is 2. The van der Waals surface area contributed by atoms with Crippen molar-refractivity contribution in [2.75, 3.05) is 13.2 Å². The van der Waals surface area contributed by atoms with Crippen molar-refractivity contribution in [1.29, 1.82) is 0 Å². The van der Waals surface area contributed by atoms with Crippen molar-refractivity contribution in [2.24, 2.45) is 0 Å². The molecule has 1 aromatic rings. The fourth-order valence-corrected chi connectivity index (χ4v) is 1.60. The predicted molar refractivity (Wildman–Crippen MR) is 78.4 cm³/mol. The molecule has 4 nitrogen and oxygen atoms in total. The Balaban J connectivity index is 2.73. The minimum Gasteiger partial charge on any atom is -0.490 e. The summed E-state index contributed by atoms with van der Waals surface area (Å²) in [5.74, 6) is 1.98. The van der Waals surface area contributed by atoms with Crippen LogP contribution in [0.15, 0.2) is 18.9 Å². The average molecular weight is 263 g/mol. The van der Waals surface area contributed by atoms with E-state index in [4.69, 9.17) is 4.74 Å². The van der Waals surface area contributed by atoms with Crippen molar-refractivity contribution >= 4 is 0 Å². The van der Waals surface area contributed by atoms with E-state index in [1.54, 1.807) is 6.20 Å². The van der Waals surface area contributed by atoms with Crippen LogP contribution in [0.5, 0.6) is 5.75 Å². The van der Waals surface area contributed by atoms with Crippen LogP contribution < -0.4 is 10.1 Å². The molecule has 0 aliphatic heterocycles. The lowest BCUT2D eigenvalue weighted by atomic mass is 10.2. The van der Waals surface area contributed by atoms with Gasteiger partial charge in [0.05, 0.1) is 18.5 Å². The molecule has 106 valence electrons. The first-order valence-electron chi connectivity index (χ1n) is 6.99. The van der Waals surface area contributed by atoms with Crippen molar-refractivity contribution in [2.45, 2.75) is 46.1 Å². The standard InChI is InChI=1S/C15H25N3O/c1-5-7-8-9-19-14-11-17-15(12(3)4)18-13(14)10-16-6-2/h5,11-12,16H,1,6-10H2,2-4H3. The first-order chi connectivity index (χ1) is 9.19. The number of allylic oxidation sites excluding steroid dienone is 1. The summed E-state index contributed by atoms with van der Waals surface area (Å²) < 4.78 is 5.76. The maximum Gasteiger partial charge on any atom is 0.160 e. The molecule has 0 amide bonds. The molecule has 0 spiro atoms. The van der Waals surface area contributed by atoms with Gasteiger partial charge in [0.25, 0.3) is 0 Å². The highest BCUT2D eigenvalue weighted by atomic mass is 16.5. The molecule has 1 aromatic heterocycles. The summed E-state index contributed by atoms with van der Waals surface area (Å²) in [6, 6.07) is 0. The Morgan fingerprint density at radius 2 is 2.26 bits per heavy atom. The Bertz CT molecular complexity index is 391. The van der Waals surface area contributed by atoms with Crippen LogP contribution in [0, 0.1) is 0 Å². The van der Waals surface area contributed by atoms with Crippen LogP contribution in [0.25, 0.3) is 0 Å². The Kier molecular flexibility index (Phi) is 7.11. The van der Waals surface area contributed by atoms with Gasteiger partial charge in [0.1, 0.15) is 5.82 Å². The van der Waals surface area contributed by atoms with E-state index in [0.29, 0.717) is 12.5 Å². The third kappa shape index (κ3) is 5.39. The van der Waals surface area contributed by atoms with Gasteiger partial charge >= 0.3 is 0 Å². The zero-order valence-corrected chi connectivity index (χ0v) is 12.3. The molecule has 0 atom stereocenters. The molecule has 0 bridgehead atoms. The summed E-state index contributed by atoms with van der Waals surface area (Å²) in [5.41, 5.74) is 0.944. The molecule has 0 radical (unpaired) electrons. The minimum atomic E-state index is 0.329. The first kappa shape index (κ1) is 15.6. The molecular weight excluding hydrogens is 238 g/mol. The molecule has 0 aliphatic rings. The smallest absolute Gasteiger partial charge is 0.160 e. The van der Waals surface area contributed by atoms with Gasteiger partial charge in [0.15, 0.2) is 5.75 Å². The van der Waals surface area contributed by atoms with E-state index >= 15 is 0 Å². The Labute approximate surface area is 116 Å². The van der Waals surface area contributed by atoms with Gasteiger partial charge in [0.2, 0.25) is 0 Å². The predicted octanol–water partition coefficient (Wildman–Crippen LogP) is 3.05. The van der Waals surface area contributed by atoms with E-state index in [2.05, 4.69) is 42.6 Å². The number of nitrogens with zero attached hydrogens (tertiary/aromatic N) is 2. The summed E-state index contributed by atoms with van der Waals surface area (Å²) in [6.45, 7) is 12.3. The van der Waals surface area contributed by atoms with Gasteiger partial charge < -0.3 is 10.1 Å². The second-order valence-electron chi connectivity index (χ2n) is 4.75. The van der Waals surface area contributed by atoms with Gasteiger partial charge in [-0.05, 0) is 19.4 Å². The van der Waals surface area contributed by atoms with Crippen LogP contribution >= 0.6 is 0 Å². The third-order valence-electron chi connectivity index (χ3n) is 2.72. The summed E-state index contributed by atoms with van der Waals surface area (Å²) in [7, 11) is 0. The molecule has 0 unspecified atom stereocenters. The number of hydrogen-bond donors (Lipinski definition) is 1. The molecule has 0 fully saturated rings. The maximum atomic E-state index is 5.76. The number of unbranched alkanes of at least 4 members (excludes halogenated alkanes) is 1. The quantitative estimate of drug-likeness (QED) is 0.549. The van der Waals surface area contributed by atoms with Gasteiger partial charge in [-0.25, -0.2) is 9.97 Å². The summed E-state index contributed by atoms with van der Waals surface area (Å²) in [5, 5.41) is 3.29. The van der Waals surface area contributed by atoms with E-state index in [9.17, 15) is 0 Å². The monoisotopic (exact) mass is 263 g/mol. The van der Waals surface area contributed by atoms with Crippen molar-refractivity contribution in [1.82, 2.24) is 15.3 Å². The van der Waals surface area contributed by atoms with Crippen LogP contribution in [0.3, 0.4) is 0 Å². The number of rotatable bonds is 9. The Morgan fingerprint density at radius 3 is 2.89 bits per heavy atom. The molecule has 0 aliphatic carbocycles. The lowest BCUT2D eigenvalue weighted by molar-refractivity contribution is 0.304. The molecular formula is C15H25N3O. The van der Waals surface area contributed by atoms with Crippen molar-refractivity contribution in [3.05, 3.63) is 30.4 Å². The maximum absolute atomic E-state index is 5.76. The second-order valence-corrected chi connectivity index (χ2v) is 4.75. The fourth-order valence-electron chi connectivity index (χ4n) is 1.60. The van der Waals surface area contributed by atoms with Gasteiger partial charge in [-0.2, -0.15) is 0 Å². The van der Waals surface area contributed by atoms with E-state index in [0.717, 1.165) is 43.2 Å². The van der Waals surface area contributed by atoms with Crippen molar-refractivity contribution in [3.63, 3.8) is 0 Å². The van der Waals surface area contributed by atoms with Gasteiger partial charge in [-0.3, -0.25) is 0 Å². The van der Waals surface area contributed by atoms with Crippen LogP contribution in [0.2, 0.25) is 0 Å². The van der Waals surface area contributed by atoms with Crippen LogP contribution in [0.1, 0.15) is 51.0 Å². The highest BCUT2D eigenvalue weighted by Gasteiger charge is 2.10. The minimum absolute atomic E-state index is 0.329. The number of hydrogen-bond acceptors (Lipinski definition) is 4. The zero-order valence-electron chi connectivity index (χ0n) is 12.3. The Morgan fingerprint density at radius 1 is 1.47 bits per heavy atom. The molecule has 1 N–H and O–H groups in total. The number of ether oxygens (including phenoxy) is 1. The van der Waals surface area contributed by atoms with Gasteiger partial charge in [0, 0.05) is 12.5 Å². The largest absolute Gasteiger partial charge is 0.490 e. The average Bonchev–Trinajstić information content (AvgIpc) is 2.41. The van der Waals surface area contributed by atoms with Crippen molar-refractivity contribution in [3.8, 4) is 5.75 Å². The van der Waals surface area contributed by atoms with Crippen LogP contribution in [-0.4, -0.2) is 23.1 Å².